The van der Waals surface area contributed by atoms with Crippen molar-refractivity contribution in [3.8, 4) is 0 Å². The molecule has 0 bridgehead atoms. The molecule has 6 nitrogen and oxygen atoms in total. The summed E-state index contributed by atoms with van der Waals surface area (Å²) in [4.78, 5) is 46.1. The fourth-order valence-corrected chi connectivity index (χ4v) is 8.19. The monoisotopic (exact) mass is 601 g/mol. The number of hydrogen-bond acceptors (Lipinski definition) is 5. The van der Waals surface area contributed by atoms with Gasteiger partial charge in [0.1, 0.15) is 4.99 Å². The first-order valence-corrected chi connectivity index (χ1v) is 15.3. The summed E-state index contributed by atoms with van der Waals surface area (Å²) in [6.45, 7) is 0.484. The quantitative estimate of drug-likeness (QED) is 0.261. The first-order valence-electron chi connectivity index (χ1n) is 14.1. The number of rotatable bonds is 6. The Labute approximate surface area is 259 Å². The Morgan fingerprint density at radius 3 is 1.93 bits per heavy atom. The molecule has 4 aromatic carbocycles. The third kappa shape index (κ3) is 4.24. The van der Waals surface area contributed by atoms with E-state index in [1.54, 1.807) is 4.90 Å². The van der Waals surface area contributed by atoms with Gasteiger partial charge in [-0.25, -0.2) is 0 Å². The van der Waals surface area contributed by atoms with E-state index in [1.807, 2.05) is 127 Å². The fraction of sp³-hybridized carbons (Fsp3) is 0.143. The van der Waals surface area contributed by atoms with Crippen molar-refractivity contribution in [2.45, 2.75) is 23.4 Å². The molecule has 2 spiro atoms. The van der Waals surface area contributed by atoms with Crippen LogP contribution in [0.1, 0.15) is 22.3 Å². The molecule has 0 unspecified atom stereocenters. The summed E-state index contributed by atoms with van der Waals surface area (Å²) in [5.74, 6) is -1.40. The third-order valence-electron chi connectivity index (χ3n) is 8.43. The number of benzene rings is 4. The van der Waals surface area contributed by atoms with Crippen molar-refractivity contribution in [3.05, 3.63) is 144 Å². The Hall–Kier alpha value is -4.53. The summed E-state index contributed by atoms with van der Waals surface area (Å²) in [5, 5.41) is 2.99. The highest BCUT2D eigenvalue weighted by Crippen LogP contribution is 2.59. The molecule has 1 N–H and O–H groups in total. The van der Waals surface area contributed by atoms with E-state index in [9.17, 15) is 14.4 Å². The molecule has 2 saturated heterocycles. The normalized spacial score (nSPS) is 24.5. The van der Waals surface area contributed by atoms with Gasteiger partial charge < -0.3 is 10.2 Å². The lowest BCUT2D eigenvalue weighted by Crippen LogP contribution is -2.52. The average molecular weight is 602 g/mol. The Balaban J connectivity index is 1.37. The van der Waals surface area contributed by atoms with Crippen molar-refractivity contribution < 1.29 is 14.4 Å². The smallest absolute Gasteiger partial charge is 0.290 e. The van der Waals surface area contributed by atoms with Crippen molar-refractivity contribution >= 4 is 57.8 Å². The zero-order chi connectivity index (χ0) is 29.6. The van der Waals surface area contributed by atoms with Crippen LogP contribution in [-0.4, -0.2) is 31.7 Å². The zero-order valence-corrected chi connectivity index (χ0v) is 24.7. The number of thioether (sulfide) groups is 1. The summed E-state index contributed by atoms with van der Waals surface area (Å²) in [5.41, 5.74) is 2.84. The highest BCUT2D eigenvalue weighted by Gasteiger charge is 2.74. The van der Waals surface area contributed by atoms with Gasteiger partial charge in [0.05, 0.1) is 18.8 Å². The van der Waals surface area contributed by atoms with E-state index in [-0.39, 0.29) is 22.7 Å². The van der Waals surface area contributed by atoms with Crippen molar-refractivity contribution in [2.75, 3.05) is 4.90 Å². The molecule has 2 fully saturated rings. The van der Waals surface area contributed by atoms with Crippen molar-refractivity contribution in [1.82, 2.24) is 10.2 Å². The molecule has 3 heterocycles. The molecule has 3 atom stereocenters. The van der Waals surface area contributed by atoms with Crippen molar-refractivity contribution in [1.29, 1.82) is 0 Å². The molecule has 43 heavy (non-hydrogen) atoms. The maximum atomic E-state index is 14.8. The highest BCUT2D eigenvalue weighted by molar-refractivity contribution is 8.17. The number of nitrogens with zero attached hydrogens (tertiary/aromatic N) is 2. The van der Waals surface area contributed by atoms with Gasteiger partial charge in [0.25, 0.3) is 17.1 Å². The van der Waals surface area contributed by atoms with Gasteiger partial charge in [-0.15, -0.1) is 0 Å². The van der Waals surface area contributed by atoms with Gasteiger partial charge in [0.2, 0.25) is 0 Å². The van der Waals surface area contributed by atoms with Crippen LogP contribution in [0.15, 0.2) is 121 Å². The van der Waals surface area contributed by atoms with E-state index >= 15 is 0 Å². The lowest BCUT2D eigenvalue weighted by atomic mass is 9.74. The van der Waals surface area contributed by atoms with Crippen LogP contribution in [0.4, 0.5) is 10.5 Å². The number of imide groups is 1. The predicted molar refractivity (Wildman–Crippen MR) is 173 cm³/mol. The van der Waals surface area contributed by atoms with Crippen LogP contribution >= 0.6 is 24.0 Å². The first kappa shape index (κ1) is 27.3. The first-order chi connectivity index (χ1) is 20.9. The fourth-order valence-electron chi connectivity index (χ4n) is 6.43. The second kappa shape index (κ2) is 10.6. The zero-order valence-electron chi connectivity index (χ0n) is 23.1. The van der Waals surface area contributed by atoms with Gasteiger partial charge in [-0.1, -0.05) is 134 Å². The molecule has 0 saturated carbocycles. The van der Waals surface area contributed by atoms with Crippen molar-refractivity contribution in [3.63, 3.8) is 0 Å². The van der Waals surface area contributed by atoms with E-state index in [2.05, 4.69) is 5.32 Å². The van der Waals surface area contributed by atoms with Gasteiger partial charge in [0, 0.05) is 11.5 Å². The van der Waals surface area contributed by atoms with Crippen LogP contribution in [-0.2, 0) is 28.2 Å². The molecule has 0 radical (unpaired) electrons. The van der Waals surface area contributed by atoms with Crippen LogP contribution in [0.2, 0.25) is 0 Å². The molecule has 3 aliphatic heterocycles. The number of para-hydroxylation sites is 1. The standard InChI is InChI=1S/C35H27N3O3S2/c39-31-34(27-18-10-11-19-28(27)37(31)22-25-14-6-2-7-15-25)29(21-20-24-12-4-1-5-13-24)35(30(42)36-34)32(40)38(33(41)43-35)23-26-16-8-3-9-17-26/h1-21,29H,22-23H2,(H,36,42)/b21-20+/t29-,34+,35-/m1/s1. The second-order valence-corrected chi connectivity index (χ2v) is 12.5. The molecule has 212 valence electrons. The predicted octanol–water partition coefficient (Wildman–Crippen LogP) is 6.32. The lowest BCUT2D eigenvalue weighted by Gasteiger charge is -2.33. The maximum absolute atomic E-state index is 14.8. The Morgan fingerprint density at radius 1 is 0.721 bits per heavy atom. The summed E-state index contributed by atoms with van der Waals surface area (Å²) in [7, 11) is 0. The minimum absolute atomic E-state index is 0.128. The van der Waals surface area contributed by atoms with E-state index < -0.39 is 22.1 Å². The number of hydrogen-bond donors (Lipinski definition) is 1. The van der Waals surface area contributed by atoms with Crippen LogP contribution < -0.4 is 10.2 Å². The number of fused-ring (bicyclic) bond motifs is 2. The van der Waals surface area contributed by atoms with Crippen molar-refractivity contribution in [2.24, 2.45) is 5.92 Å². The summed E-state index contributed by atoms with van der Waals surface area (Å²) in [6.07, 6.45) is 3.81. The van der Waals surface area contributed by atoms with E-state index in [0.29, 0.717) is 6.54 Å². The van der Waals surface area contributed by atoms with Crippen LogP contribution in [0.3, 0.4) is 0 Å². The minimum Gasteiger partial charge on any atom is -0.360 e. The average Bonchev–Trinajstić information content (AvgIpc) is 3.54. The number of carbonyl (C=O) groups is 3. The molecule has 0 aliphatic carbocycles. The molecule has 3 amide bonds. The van der Waals surface area contributed by atoms with Crippen LogP contribution in [0.5, 0.6) is 0 Å². The molecule has 8 heteroatoms. The number of amides is 3. The summed E-state index contributed by atoms with van der Waals surface area (Å²) >= 11 is 6.89. The third-order valence-corrected chi connectivity index (χ3v) is 10.3. The Kier molecular flexibility index (Phi) is 6.75. The Morgan fingerprint density at radius 2 is 1.28 bits per heavy atom. The second-order valence-electron chi connectivity index (χ2n) is 10.9. The summed E-state index contributed by atoms with van der Waals surface area (Å²) in [6, 6.07) is 36.6. The molecule has 7 rings (SSSR count). The van der Waals surface area contributed by atoms with E-state index in [1.165, 1.54) is 4.90 Å². The van der Waals surface area contributed by atoms with Crippen LogP contribution in [0.25, 0.3) is 6.08 Å². The van der Waals surface area contributed by atoms with Gasteiger partial charge >= 0.3 is 0 Å². The van der Waals surface area contributed by atoms with Gasteiger partial charge in [-0.2, -0.15) is 0 Å². The number of nitrogens with one attached hydrogen (secondary N) is 1. The number of carbonyl (C=O) groups excluding carboxylic acids is 3. The van der Waals surface area contributed by atoms with Gasteiger partial charge in [-0.3, -0.25) is 19.3 Å². The molecule has 0 aromatic heterocycles. The topological polar surface area (TPSA) is 69.7 Å². The molecular weight excluding hydrogens is 575 g/mol. The van der Waals surface area contributed by atoms with Crippen LogP contribution in [0, 0.1) is 5.92 Å². The Bertz CT molecular complexity index is 1780. The van der Waals surface area contributed by atoms with E-state index in [4.69, 9.17) is 12.2 Å². The lowest BCUT2D eigenvalue weighted by molar-refractivity contribution is -0.130. The molecule has 3 aliphatic rings. The largest absolute Gasteiger partial charge is 0.360 e. The molecule has 4 aromatic rings. The summed E-state index contributed by atoms with van der Waals surface area (Å²) < 4.78 is -1.49. The van der Waals surface area contributed by atoms with Gasteiger partial charge in [0.15, 0.2) is 10.3 Å². The minimum atomic E-state index is -1.49. The highest BCUT2D eigenvalue weighted by atomic mass is 32.2. The number of thiocarbonyl (C=S) groups is 1. The van der Waals surface area contributed by atoms with Gasteiger partial charge in [-0.05, 0) is 34.5 Å². The van der Waals surface area contributed by atoms with E-state index in [0.717, 1.165) is 39.7 Å². The maximum Gasteiger partial charge on any atom is 0.290 e. The SMILES string of the molecule is O=C1S[C@@]2(C(=O)N1Cc1ccccc1)C(=S)N[C@]1(C(=O)N(Cc3ccccc3)c3ccccc31)[C@H]2/C=C/c1ccccc1. The molecular formula is C35H27N3O3S2. The number of anilines is 1.